The maximum absolute atomic E-state index is 12.6. The van der Waals surface area contributed by atoms with Crippen molar-refractivity contribution in [3.05, 3.63) is 64.5 Å². The zero-order chi connectivity index (χ0) is 25.6. The fourth-order valence-electron chi connectivity index (χ4n) is 4.99. The Balaban J connectivity index is 1.24. The number of halogens is 2. The lowest BCUT2D eigenvalue weighted by molar-refractivity contribution is 0.0316. The Morgan fingerprint density at radius 1 is 1.11 bits per heavy atom. The molecule has 0 unspecified atom stereocenters. The van der Waals surface area contributed by atoms with Crippen LogP contribution in [0.1, 0.15) is 31.4 Å². The number of piperidine rings is 1. The Hall–Kier alpha value is -3.40. The second kappa shape index (κ2) is 9.48. The number of carbonyl (C=O) groups excluding carboxylic acids is 1. The van der Waals surface area contributed by atoms with Crippen LogP contribution in [0.2, 0.25) is 10.0 Å². The number of rotatable bonds is 5. The molecule has 0 radical (unpaired) electrons. The number of pyridine rings is 2. The maximum Gasteiger partial charge on any atom is 0.416 e. The molecule has 3 aromatic heterocycles. The number of hydrogen-bond acceptors (Lipinski definition) is 7. The first-order valence-corrected chi connectivity index (χ1v) is 12.8. The van der Waals surface area contributed by atoms with Crippen LogP contribution < -0.4 is 15.0 Å². The molecular formula is C26H24Cl2N6O3. The summed E-state index contributed by atoms with van der Waals surface area (Å²) in [5.74, 6) is 1.20. The lowest BCUT2D eigenvalue weighted by atomic mass is 9.92. The van der Waals surface area contributed by atoms with Crippen LogP contribution in [-0.2, 0) is 4.74 Å². The Labute approximate surface area is 223 Å². The summed E-state index contributed by atoms with van der Waals surface area (Å²) in [5, 5.41) is 12.6. The topological polar surface area (TPSA) is 105 Å². The molecule has 6 rings (SSSR count). The van der Waals surface area contributed by atoms with Crippen molar-refractivity contribution in [2.45, 2.75) is 31.5 Å². The number of amides is 1. The Morgan fingerprint density at radius 3 is 2.62 bits per heavy atom. The van der Waals surface area contributed by atoms with Gasteiger partial charge in [0.1, 0.15) is 29.0 Å². The van der Waals surface area contributed by atoms with Crippen molar-refractivity contribution in [2.75, 3.05) is 24.5 Å². The van der Waals surface area contributed by atoms with Gasteiger partial charge in [0.2, 0.25) is 0 Å². The number of aromatic nitrogens is 4. The molecule has 0 saturated carbocycles. The van der Waals surface area contributed by atoms with Crippen molar-refractivity contribution in [2.24, 2.45) is 0 Å². The Bertz CT molecular complexity index is 1450. The van der Waals surface area contributed by atoms with Gasteiger partial charge >= 0.3 is 6.09 Å². The number of fused-ring (bicyclic) bond motifs is 1. The van der Waals surface area contributed by atoms with Crippen molar-refractivity contribution >= 4 is 46.0 Å². The standard InChI is InChI=1S/C26H24Cl2N6O3/c1-15(23-19(27)12-30-13-20(23)28)36-17-3-4-21-18(10-17)24(33-32-21)16-2-5-22(31-11-16)34-14-26(37-25(34)35)6-8-29-9-7-26/h2-5,10-13,15,29H,6-9,14H2,1H3,(H,32,33)/t15-/m1/s1. The third-order valence-corrected chi connectivity index (χ3v) is 7.53. The number of nitrogens with one attached hydrogen (secondary N) is 2. The van der Waals surface area contributed by atoms with E-state index < -0.39 is 5.60 Å². The van der Waals surface area contributed by atoms with Crippen LogP contribution in [-0.4, -0.2) is 51.5 Å². The zero-order valence-electron chi connectivity index (χ0n) is 20.0. The summed E-state index contributed by atoms with van der Waals surface area (Å²) in [6, 6.07) is 9.42. The van der Waals surface area contributed by atoms with Gasteiger partial charge in [-0.15, -0.1) is 0 Å². The summed E-state index contributed by atoms with van der Waals surface area (Å²) in [6.45, 7) is 4.07. The number of carbonyl (C=O) groups is 1. The highest BCUT2D eigenvalue weighted by atomic mass is 35.5. The molecule has 2 aliphatic rings. The number of nitrogens with zero attached hydrogens (tertiary/aromatic N) is 4. The molecule has 2 saturated heterocycles. The minimum absolute atomic E-state index is 0.349. The van der Waals surface area contributed by atoms with Crippen LogP contribution in [0, 0.1) is 0 Å². The maximum atomic E-state index is 12.6. The normalized spacial score (nSPS) is 17.8. The van der Waals surface area contributed by atoms with Gasteiger partial charge in [-0.25, -0.2) is 9.78 Å². The molecule has 2 aliphatic heterocycles. The van der Waals surface area contributed by atoms with E-state index in [1.807, 2.05) is 37.3 Å². The van der Waals surface area contributed by atoms with Crippen molar-refractivity contribution in [1.82, 2.24) is 25.5 Å². The highest BCUT2D eigenvalue weighted by molar-refractivity contribution is 6.35. The Morgan fingerprint density at radius 2 is 1.89 bits per heavy atom. The highest BCUT2D eigenvalue weighted by Crippen LogP contribution is 2.36. The molecular weight excluding hydrogens is 515 g/mol. The largest absolute Gasteiger partial charge is 0.486 e. The van der Waals surface area contributed by atoms with Gasteiger partial charge in [-0.2, -0.15) is 5.10 Å². The van der Waals surface area contributed by atoms with E-state index in [2.05, 4.69) is 25.5 Å². The molecule has 1 aromatic carbocycles. The smallest absolute Gasteiger partial charge is 0.416 e. The van der Waals surface area contributed by atoms with Gasteiger partial charge in [-0.1, -0.05) is 23.2 Å². The van der Waals surface area contributed by atoms with E-state index in [9.17, 15) is 4.79 Å². The molecule has 2 fully saturated rings. The van der Waals surface area contributed by atoms with E-state index in [1.54, 1.807) is 23.5 Å². The number of hydrogen-bond donors (Lipinski definition) is 2. The van der Waals surface area contributed by atoms with E-state index in [1.165, 1.54) is 0 Å². The SMILES string of the molecule is C[C@@H](Oc1ccc2[nH]nc(-c3ccc(N4CC5(CCNCC5)OC4=O)nc3)c2c1)c1c(Cl)cncc1Cl. The average molecular weight is 539 g/mol. The van der Waals surface area contributed by atoms with Crippen molar-refractivity contribution in [3.63, 3.8) is 0 Å². The lowest BCUT2D eigenvalue weighted by Crippen LogP contribution is -2.44. The van der Waals surface area contributed by atoms with Crippen molar-refractivity contribution in [3.8, 4) is 17.0 Å². The number of aromatic amines is 1. The van der Waals surface area contributed by atoms with Gasteiger partial charge in [-0.05, 0) is 50.3 Å². The number of benzene rings is 1. The van der Waals surface area contributed by atoms with E-state index in [4.69, 9.17) is 32.7 Å². The first-order valence-electron chi connectivity index (χ1n) is 12.0. The molecule has 37 heavy (non-hydrogen) atoms. The minimum Gasteiger partial charge on any atom is -0.486 e. The summed E-state index contributed by atoms with van der Waals surface area (Å²) in [6.07, 6.45) is 5.68. The summed E-state index contributed by atoms with van der Waals surface area (Å²) >= 11 is 12.6. The summed E-state index contributed by atoms with van der Waals surface area (Å²) in [5.41, 5.74) is 2.64. The molecule has 0 bridgehead atoms. The first-order chi connectivity index (χ1) is 17.9. The average Bonchev–Trinajstić information content (AvgIpc) is 3.45. The third kappa shape index (κ3) is 4.47. The molecule has 11 heteroatoms. The predicted octanol–water partition coefficient (Wildman–Crippen LogP) is 5.55. The van der Waals surface area contributed by atoms with E-state index >= 15 is 0 Å². The molecule has 9 nitrogen and oxygen atoms in total. The van der Waals surface area contributed by atoms with Gasteiger partial charge < -0.3 is 14.8 Å². The molecule has 190 valence electrons. The van der Waals surface area contributed by atoms with Gasteiger partial charge in [0, 0.05) is 47.9 Å². The number of ether oxygens (including phenoxy) is 2. The predicted molar refractivity (Wildman–Crippen MR) is 141 cm³/mol. The van der Waals surface area contributed by atoms with Crippen molar-refractivity contribution in [1.29, 1.82) is 0 Å². The molecule has 5 heterocycles. The second-order valence-electron chi connectivity index (χ2n) is 9.35. The van der Waals surface area contributed by atoms with Crippen LogP contribution in [0.25, 0.3) is 22.2 Å². The van der Waals surface area contributed by atoms with Gasteiger partial charge in [-0.3, -0.25) is 15.0 Å². The zero-order valence-corrected chi connectivity index (χ0v) is 21.5. The van der Waals surface area contributed by atoms with Crippen LogP contribution in [0.3, 0.4) is 0 Å². The van der Waals surface area contributed by atoms with Crippen LogP contribution >= 0.6 is 23.2 Å². The summed E-state index contributed by atoms with van der Waals surface area (Å²) in [4.78, 5) is 22.8. The fourth-order valence-corrected chi connectivity index (χ4v) is 5.66. The second-order valence-corrected chi connectivity index (χ2v) is 10.2. The van der Waals surface area contributed by atoms with Gasteiger partial charge in [0.15, 0.2) is 0 Å². The van der Waals surface area contributed by atoms with Crippen LogP contribution in [0.4, 0.5) is 10.6 Å². The van der Waals surface area contributed by atoms with Crippen LogP contribution in [0.15, 0.2) is 48.9 Å². The van der Waals surface area contributed by atoms with E-state index in [0.717, 1.165) is 48.1 Å². The number of H-pyrrole nitrogens is 1. The summed E-state index contributed by atoms with van der Waals surface area (Å²) < 4.78 is 11.9. The molecule has 1 spiro atoms. The third-order valence-electron chi connectivity index (χ3n) is 6.93. The minimum atomic E-state index is -0.431. The molecule has 0 aliphatic carbocycles. The van der Waals surface area contributed by atoms with Crippen molar-refractivity contribution < 1.29 is 14.3 Å². The molecule has 1 amide bonds. The van der Waals surface area contributed by atoms with Crippen LogP contribution in [0.5, 0.6) is 5.75 Å². The monoisotopic (exact) mass is 538 g/mol. The molecule has 4 aromatic rings. The van der Waals surface area contributed by atoms with Gasteiger partial charge in [0.05, 0.1) is 22.1 Å². The fraction of sp³-hybridized carbons (Fsp3) is 0.308. The number of anilines is 1. The van der Waals surface area contributed by atoms with E-state index in [0.29, 0.717) is 33.7 Å². The first kappa shape index (κ1) is 24.0. The molecule has 2 N–H and O–H groups in total. The van der Waals surface area contributed by atoms with Gasteiger partial charge in [0.25, 0.3) is 0 Å². The Kier molecular flexibility index (Phi) is 6.14. The summed E-state index contributed by atoms with van der Waals surface area (Å²) in [7, 11) is 0. The lowest BCUT2D eigenvalue weighted by Gasteiger charge is -2.31. The highest BCUT2D eigenvalue weighted by Gasteiger charge is 2.46. The molecule has 1 atom stereocenters. The van der Waals surface area contributed by atoms with E-state index in [-0.39, 0.29) is 12.2 Å². The quantitative estimate of drug-likeness (QED) is 0.343.